The molecule has 0 atom stereocenters. The minimum atomic E-state index is 0.770. The lowest BCUT2D eigenvalue weighted by Crippen LogP contribution is -2.14. The molecule has 64 valence electrons. The Hall–Kier alpha value is -1.09. The third kappa shape index (κ3) is 1.16. The predicted octanol–water partition coefficient (Wildman–Crippen LogP) is 0.999. The number of nitrogen functional groups attached to an aromatic ring is 1. The highest BCUT2D eigenvalue weighted by atomic mass is 15.1. The van der Waals surface area contributed by atoms with Crippen LogP contribution in [0.3, 0.4) is 0 Å². The van der Waals surface area contributed by atoms with Gasteiger partial charge in [0.15, 0.2) is 0 Å². The van der Waals surface area contributed by atoms with Crippen LogP contribution >= 0.6 is 0 Å². The second kappa shape index (κ2) is 2.75. The normalized spacial score (nSPS) is 16.4. The quantitative estimate of drug-likeness (QED) is 0.671. The van der Waals surface area contributed by atoms with Crippen LogP contribution in [-0.2, 0) is 13.1 Å². The highest BCUT2D eigenvalue weighted by molar-refractivity contribution is 5.41. The van der Waals surface area contributed by atoms with Crippen molar-refractivity contribution in [1.82, 2.24) is 9.88 Å². The van der Waals surface area contributed by atoms with Crippen molar-refractivity contribution >= 4 is 5.69 Å². The molecule has 0 radical (unpaired) electrons. The molecule has 1 aromatic heterocycles. The Morgan fingerprint density at radius 2 is 2.42 bits per heavy atom. The summed E-state index contributed by atoms with van der Waals surface area (Å²) in [7, 11) is 0. The van der Waals surface area contributed by atoms with E-state index in [1.807, 2.05) is 6.07 Å². The number of aromatic nitrogens is 1. The number of pyridine rings is 1. The fourth-order valence-corrected chi connectivity index (χ4v) is 1.57. The lowest BCUT2D eigenvalue weighted by atomic mass is 10.2. The van der Waals surface area contributed by atoms with E-state index in [-0.39, 0.29) is 0 Å². The Labute approximate surface area is 72.2 Å². The molecule has 1 aromatic rings. The zero-order valence-corrected chi connectivity index (χ0v) is 7.25. The van der Waals surface area contributed by atoms with Gasteiger partial charge in [-0.2, -0.15) is 0 Å². The van der Waals surface area contributed by atoms with E-state index in [9.17, 15) is 0 Å². The monoisotopic (exact) mass is 163 g/mol. The van der Waals surface area contributed by atoms with E-state index in [4.69, 9.17) is 5.73 Å². The molecule has 2 heterocycles. The minimum absolute atomic E-state index is 0.770. The maximum atomic E-state index is 5.64. The van der Waals surface area contributed by atoms with Crippen molar-refractivity contribution in [3.8, 4) is 0 Å². The molecule has 0 aromatic carbocycles. The van der Waals surface area contributed by atoms with Crippen molar-refractivity contribution in [2.75, 3.05) is 12.3 Å². The van der Waals surface area contributed by atoms with E-state index in [1.54, 1.807) is 6.20 Å². The predicted molar refractivity (Wildman–Crippen MR) is 48.4 cm³/mol. The van der Waals surface area contributed by atoms with E-state index in [1.165, 1.54) is 11.3 Å². The highest BCUT2D eigenvalue weighted by Crippen LogP contribution is 2.21. The van der Waals surface area contributed by atoms with Crippen LogP contribution in [0.2, 0.25) is 0 Å². The third-order valence-corrected chi connectivity index (χ3v) is 2.30. The van der Waals surface area contributed by atoms with Crippen molar-refractivity contribution in [1.29, 1.82) is 0 Å². The molecule has 0 saturated heterocycles. The van der Waals surface area contributed by atoms with Gasteiger partial charge in [-0.25, -0.2) is 0 Å². The van der Waals surface area contributed by atoms with E-state index >= 15 is 0 Å². The van der Waals surface area contributed by atoms with Crippen LogP contribution in [0, 0.1) is 0 Å². The molecular formula is C9H13N3. The number of nitrogens with two attached hydrogens (primary N) is 1. The van der Waals surface area contributed by atoms with E-state index in [2.05, 4.69) is 16.8 Å². The summed E-state index contributed by atoms with van der Waals surface area (Å²) in [6.07, 6.45) is 1.73. The SMILES string of the molecule is CCN1Cc2cc(N)cnc2C1. The molecule has 0 spiro atoms. The van der Waals surface area contributed by atoms with Gasteiger partial charge in [-0.15, -0.1) is 0 Å². The molecule has 0 unspecified atom stereocenters. The number of hydrogen-bond donors (Lipinski definition) is 1. The van der Waals surface area contributed by atoms with Gasteiger partial charge in [0, 0.05) is 13.1 Å². The first kappa shape index (κ1) is 7.55. The summed E-state index contributed by atoms with van der Waals surface area (Å²) in [5.74, 6) is 0. The fraction of sp³-hybridized carbons (Fsp3) is 0.444. The summed E-state index contributed by atoms with van der Waals surface area (Å²) in [4.78, 5) is 6.63. The summed E-state index contributed by atoms with van der Waals surface area (Å²) in [6.45, 7) is 5.22. The van der Waals surface area contributed by atoms with Gasteiger partial charge in [-0.05, 0) is 18.2 Å². The summed E-state index contributed by atoms with van der Waals surface area (Å²) >= 11 is 0. The lowest BCUT2D eigenvalue weighted by molar-refractivity contribution is 0.299. The first-order valence-electron chi connectivity index (χ1n) is 4.25. The highest BCUT2D eigenvalue weighted by Gasteiger charge is 2.17. The van der Waals surface area contributed by atoms with Gasteiger partial charge < -0.3 is 5.73 Å². The molecule has 0 fully saturated rings. The zero-order chi connectivity index (χ0) is 8.55. The van der Waals surface area contributed by atoms with Gasteiger partial charge in [0.2, 0.25) is 0 Å². The van der Waals surface area contributed by atoms with Gasteiger partial charge >= 0.3 is 0 Å². The van der Waals surface area contributed by atoms with Crippen LogP contribution in [0.1, 0.15) is 18.2 Å². The van der Waals surface area contributed by atoms with E-state index in [0.29, 0.717) is 0 Å². The maximum Gasteiger partial charge on any atom is 0.0590 e. The largest absolute Gasteiger partial charge is 0.397 e. The van der Waals surface area contributed by atoms with Crippen molar-refractivity contribution < 1.29 is 0 Å². The molecule has 3 nitrogen and oxygen atoms in total. The number of hydrogen-bond acceptors (Lipinski definition) is 3. The van der Waals surface area contributed by atoms with Crippen LogP contribution in [-0.4, -0.2) is 16.4 Å². The van der Waals surface area contributed by atoms with Gasteiger partial charge in [0.05, 0.1) is 17.6 Å². The van der Waals surface area contributed by atoms with Crippen molar-refractivity contribution in [3.63, 3.8) is 0 Å². The second-order valence-corrected chi connectivity index (χ2v) is 3.18. The van der Waals surface area contributed by atoms with Crippen LogP contribution in [0.25, 0.3) is 0 Å². The number of anilines is 1. The van der Waals surface area contributed by atoms with Crippen molar-refractivity contribution in [2.24, 2.45) is 0 Å². The summed E-state index contributed by atoms with van der Waals surface area (Å²) in [6, 6.07) is 2.03. The van der Waals surface area contributed by atoms with Gasteiger partial charge in [0.1, 0.15) is 0 Å². The average Bonchev–Trinajstić information content (AvgIpc) is 2.46. The van der Waals surface area contributed by atoms with Crippen molar-refractivity contribution in [2.45, 2.75) is 20.0 Å². The second-order valence-electron chi connectivity index (χ2n) is 3.18. The van der Waals surface area contributed by atoms with Gasteiger partial charge in [-0.1, -0.05) is 6.92 Å². The Kier molecular flexibility index (Phi) is 1.73. The number of fused-ring (bicyclic) bond motifs is 1. The van der Waals surface area contributed by atoms with Crippen LogP contribution in [0.5, 0.6) is 0 Å². The van der Waals surface area contributed by atoms with Crippen LogP contribution < -0.4 is 5.73 Å². The molecule has 2 N–H and O–H groups in total. The first-order chi connectivity index (χ1) is 5.79. The Balaban J connectivity index is 2.30. The average molecular weight is 163 g/mol. The lowest BCUT2D eigenvalue weighted by Gasteiger charge is -2.08. The third-order valence-electron chi connectivity index (χ3n) is 2.30. The zero-order valence-electron chi connectivity index (χ0n) is 7.25. The summed E-state index contributed by atoms with van der Waals surface area (Å²) in [5, 5.41) is 0. The van der Waals surface area contributed by atoms with Crippen molar-refractivity contribution in [3.05, 3.63) is 23.5 Å². The summed E-state index contributed by atoms with van der Waals surface area (Å²) in [5.41, 5.74) is 8.88. The Bertz CT molecular complexity index is 296. The number of nitrogens with zero attached hydrogens (tertiary/aromatic N) is 2. The smallest absolute Gasteiger partial charge is 0.0590 e. The standard InChI is InChI=1S/C9H13N3/c1-2-12-5-7-3-8(10)4-11-9(7)6-12/h3-4H,2,5-6,10H2,1H3. The van der Waals surface area contributed by atoms with Crippen LogP contribution in [0.4, 0.5) is 5.69 Å². The molecule has 2 rings (SSSR count). The van der Waals surface area contributed by atoms with Crippen LogP contribution in [0.15, 0.2) is 12.3 Å². The van der Waals surface area contributed by atoms with E-state index in [0.717, 1.165) is 25.3 Å². The number of rotatable bonds is 1. The Morgan fingerprint density at radius 3 is 3.17 bits per heavy atom. The topological polar surface area (TPSA) is 42.1 Å². The molecule has 1 aliphatic heterocycles. The molecule has 3 heteroatoms. The fourth-order valence-electron chi connectivity index (χ4n) is 1.57. The first-order valence-corrected chi connectivity index (χ1v) is 4.25. The molecule has 0 saturated carbocycles. The molecule has 1 aliphatic rings. The summed E-state index contributed by atoms with van der Waals surface area (Å²) < 4.78 is 0. The molecular weight excluding hydrogens is 150 g/mol. The molecule has 0 amide bonds. The van der Waals surface area contributed by atoms with Gasteiger partial charge in [-0.3, -0.25) is 9.88 Å². The molecule has 12 heavy (non-hydrogen) atoms. The maximum absolute atomic E-state index is 5.64. The molecule has 0 aliphatic carbocycles. The Morgan fingerprint density at radius 1 is 1.58 bits per heavy atom. The molecule has 0 bridgehead atoms. The van der Waals surface area contributed by atoms with Gasteiger partial charge in [0.25, 0.3) is 0 Å². The minimum Gasteiger partial charge on any atom is -0.397 e. The van der Waals surface area contributed by atoms with E-state index < -0.39 is 0 Å².